The topological polar surface area (TPSA) is 29.1 Å². The van der Waals surface area contributed by atoms with E-state index in [1.54, 1.807) is 0 Å². The molecule has 148 valence electrons. The minimum Gasteiger partial charge on any atom is -0.317 e. The Morgan fingerprint density at radius 3 is 1.69 bits per heavy atom. The molecule has 1 amide bonds. The Morgan fingerprint density at radius 1 is 0.731 bits per heavy atom. The van der Waals surface area contributed by atoms with Gasteiger partial charge in [0.25, 0.3) is 5.24 Å². The molecule has 0 saturated carbocycles. The molecule has 1 rings (SSSR count). The molecule has 0 aliphatic carbocycles. The van der Waals surface area contributed by atoms with Crippen molar-refractivity contribution in [2.75, 3.05) is 11.1 Å². The second kappa shape index (κ2) is 17.5. The van der Waals surface area contributed by atoms with Gasteiger partial charge in [-0.05, 0) is 18.6 Å². The molecule has 0 saturated heterocycles. The number of carbonyl (C=O) groups excluding carboxylic acids is 1. The number of para-hydroxylation sites is 1. The predicted octanol–water partition coefficient (Wildman–Crippen LogP) is 8.43. The Hall–Kier alpha value is -0.960. The van der Waals surface area contributed by atoms with E-state index in [2.05, 4.69) is 12.2 Å². The van der Waals surface area contributed by atoms with Gasteiger partial charge in [0.05, 0.1) is 0 Å². The molecule has 3 heteroatoms. The molecule has 0 aromatic heterocycles. The number of carbonyl (C=O) groups is 1. The maximum atomic E-state index is 11.8. The maximum absolute atomic E-state index is 11.8. The van der Waals surface area contributed by atoms with Crippen LogP contribution in [0.5, 0.6) is 0 Å². The van der Waals surface area contributed by atoms with Crippen LogP contribution in [0.25, 0.3) is 0 Å². The SMILES string of the molecule is CCCCCCCCCCCCCCCCSC(=O)Nc1ccccc1. The van der Waals surface area contributed by atoms with Crippen molar-refractivity contribution in [2.45, 2.75) is 96.8 Å². The van der Waals surface area contributed by atoms with Crippen LogP contribution in [0.4, 0.5) is 10.5 Å². The Labute approximate surface area is 165 Å². The third kappa shape index (κ3) is 14.2. The quantitative estimate of drug-likeness (QED) is 0.293. The monoisotopic (exact) mass is 377 g/mol. The fourth-order valence-electron chi connectivity index (χ4n) is 3.14. The molecular weight excluding hydrogens is 338 g/mol. The molecule has 0 radical (unpaired) electrons. The van der Waals surface area contributed by atoms with Gasteiger partial charge in [-0.3, -0.25) is 4.79 Å². The second-order valence-corrected chi connectivity index (χ2v) is 8.29. The van der Waals surface area contributed by atoms with Gasteiger partial charge in [-0.2, -0.15) is 0 Å². The van der Waals surface area contributed by atoms with E-state index < -0.39 is 0 Å². The van der Waals surface area contributed by atoms with Crippen molar-refractivity contribution in [3.8, 4) is 0 Å². The molecule has 0 spiro atoms. The largest absolute Gasteiger partial charge is 0.317 e. The number of benzene rings is 1. The Bertz CT molecular complexity index is 435. The number of hydrogen-bond acceptors (Lipinski definition) is 2. The molecule has 1 aromatic carbocycles. The normalized spacial score (nSPS) is 10.8. The molecular formula is C23H39NOS. The van der Waals surface area contributed by atoms with Crippen molar-refractivity contribution in [1.29, 1.82) is 0 Å². The molecule has 0 heterocycles. The number of anilines is 1. The minimum atomic E-state index is 0.0610. The van der Waals surface area contributed by atoms with Crippen LogP contribution in [0.3, 0.4) is 0 Å². The molecule has 0 atom stereocenters. The molecule has 0 bridgehead atoms. The van der Waals surface area contributed by atoms with Crippen LogP contribution < -0.4 is 5.32 Å². The molecule has 0 fully saturated rings. The summed E-state index contributed by atoms with van der Waals surface area (Å²) in [6, 6.07) is 9.68. The van der Waals surface area contributed by atoms with Crippen molar-refractivity contribution >= 4 is 22.7 Å². The van der Waals surface area contributed by atoms with Crippen LogP contribution in [0.1, 0.15) is 96.8 Å². The molecule has 0 aliphatic heterocycles. The van der Waals surface area contributed by atoms with Crippen LogP contribution in [0.15, 0.2) is 30.3 Å². The van der Waals surface area contributed by atoms with E-state index in [0.29, 0.717) is 0 Å². The van der Waals surface area contributed by atoms with Gasteiger partial charge in [0.1, 0.15) is 0 Å². The van der Waals surface area contributed by atoms with Gasteiger partial charge in [0.15, 0.2) is 0 Å². The third-order valence-corrected chi connectivity index (χ3v) is 5.61. The summed E-state index contributed by atoms with van der Waals surface area (Å²) in [6.07, 6.45) is 19.2. The van der Waals surface area contributed by atoms with Crippen LogP contribution in [-0.2, 0) is 0 Å². The average Bonchev–Trinajstić information content (AvgIpc) is 2.65. The first kappa shape index (κ1) is 23.1. The zero-order valence-corrected chi connectivity index (χ0v) is 17.6. The van der Waals surface area contributed by atoms with E-state index in [4.69, 9.17) is 0 Å². The highest BCUT2D eigenvalue weighted by Crippen LogP contribution is 2.15. The van der Waals surface area contributed by atoms with E-state index >= 15 is 0 Å². The summed E-state index contributed by atoms with van der Waals surface area (Å²) in [6.45, 7) is 2.28. The highest BCUT2D eigenvalue weighted by atomic mass is 32.2. The van der Waals surface area contributed by atoms with Crippen LogP contribution in [0.2, 0.25) is 0 Å². The second-order valence-electron chi connectivity index (χ2n) is 7.22. The molecule has 0 aliphatic rings. The lowest BCUT2D eigenvalue weighted by Crippen LogP contribution is -2.05. The summed E-state index contributed by atoms with van der Waals surface area (Å²) >= 11 is 1.41. The Balaban J connectivity index is 1.77. The van der Waals surface area contributed by atoms with E-state index in [-0.39, 0.29) is 5.24 Å². The fraction of sp³-hybridized carbons (Fsp3) is 0.696. The molecule has 26 heavy (non-hydrogen) atoms. The zero-order valence-electron chi connectivity index (χ0n) is 16.8. The van der Waals surface area contributed by atoms with Crippen LogP contribution in [-0.4, -0.2) is 11.0 Å². The number of rotatable bonds is 16. The first-order valence-electron chi connectivity index (χ1n) is 10.8. The third-order valence-electron chi connectivity index (χ3n) is 4.75. The molecule has 1 aromatic rings. The minimum absolute atomic E-state index is 0.0610. The maximum Gasteiger partial charge on any atom is 0.283 e. The van der Waals surface area contributed by atoms with Crippen LogP contribution >= 0.6 is 11.8 Å². The Kier molecular flexibility index (Phi) is 15.5. The van der Waals surface area contributed by atoms with Crippen molar-refractivity contribution in [3.63, 3.8) is 0 Å². The lowest BCUT2D eigenvalue weighted by molar-refractivity contribution is 0.269. The predicted molar refractivity (Wildman–Crippen MR) is 118 cm³/mol. The van der Waals surface area contributed by atoms with Crippen molar-refractivity contribution in [3.05, 3.63) is 30.3 Å². The Morgan fingerprint density at radius 2 is 1.19 bits per heavy atom. The van der Waals surface area contributed by atoms with E-state index in [1.807, 2.05) is 30.3 Å². The van der Waals surface area contributed by atoms with Gasteiger partial charge in [-0.25, -0.2) is 0 Å². The van der Waals surface area contributed by atoms with E-state index in [9.17, 15) is 4.79 Å². The molecule has 2 nitrogen and oxygen atoms in total. The summed E-state index contributed by atoms with van der Waals surface area (Å²) in [5.74, 6) is 0.927. The summed E-state index contributed by atoms with van der Waals surface area (Å²) in [5, 5.41) is 2.98. The van der Waals surface area contributed by atoms with Gasteiger partial charge in [0.2, 0.25) is 0 Å². The van der Waals surface area contributed by atoms with E-state index in [1.165, 1.54) is 95.2 Å². The van der Waals surface area contributed by atoms with Crippen LogP contribution in [0, 0.1) is 0 Å². The number of amides is 1. The lowest BCUT2D eigenvalue weighted by Gasteiger charge is -2.05. The van der Waals surface area contributed by atoms with Crippen molar-refractivity contribution < 1.29 is 4.79 Å². The molecule has 1 N–H and O–H groups in total. The summed E-state index contributed by atoms with van der Waals surface area (Å²) in [4.78, 5) is 11.8. The summed E-state index contributed by atoms with van der Waals surface area (Å²) < 4.78 is 0. The van der Waals surface area contributed by atoms with Crippen molar-refractivity contribution in [2.24, 2.45) is 0 Å². The molecule has 0 unspecified atom stereocenters. The number of nitrogens with one attached hydrogen (secondary N) is 1. The number of thioether (sulfide) groups is 1. The van der Waals surface area contributed by atoms with Crippen molar-refractivity contribution in [1.82, 2.24) is 0 Å². The fourth-order valence-corrected chi connectivity index (χ4v) is 3.86. The highest BCUT2D eigenvalue weighted by Gasteiger charge is 2.02. The first-order chi connectivity index (χ1) is 12.8. The summed E-state index contributed by atoms with van der Waals surface area (Å²) in [5.41, 5.74) is 0.881. The van der Waals surface area contributed by atoms with Gasteiger partial charge in [-0.15, -0.1) is 0 Å². The number of hydrogen-bond donors (Lipinski definition) is 1. The lowest BCUT2D eigenvalue weighted by atomic mass is 10.0. The van der Waals surface area contributed by atoms with Gasteiger partial charge in [0, 0.05) is 11.4 Å². The van der Waals surface area contributed by atoms with E-state index in [0.717, 1.165) is 17.9 Å². The number of unbranched alkanes of at least 4 members (excludes halogenated alkanes) is 13. The van der Waals surface area contributed by atoms with Gasteiger partial charge >= 0.3 is 0 Å². The first-order valence-corrected chi connectivity index (χ1v) is 11.8. The smallest absolute Gasteiger partial charge is 0.283 e. The highest BCUT2D eigenvalue weighted by molar-refractivity contribution is 8.13. The standard InChI is InChI=1S/C23H39NOS/c1-2-3-4-5-6-7-8-9-10-11-12-13-14-18-21-26-23(25)24-22-19-16-15-17-20-22/h15-17,19-20H,2-14,18,21H2,1H3,(H,24,25). The zero-order chi connectivity index (χ0) is 18.7. The average molecular weight is 378 g/mol. The van der Waals surface area contributed by atoms with Gasteiger partial charge < -0.3 is 5.32 Å². The summed E-state index contributed by atoms with van der Waals surface area (Å²) in [7, 11) is 0. The van der Waals surface area contributed by atoms with Gasteiger partial charge in [-0.1, -0.05) is 120 Å².